The Morgan fingerprint density at radius 1 is 1.75 bits per heavy atom. The summed E-state index contributed by atoms with van der Waals surface area (Å²) in [6, 6.07) is -1.03. The second-order valence-corrected chi connectivity index (χ2v) is 3.05. The topological polar surface area (TPSA) is 38.3 Å². The van der Waals surface area contributed by atoms with E-state index in [0.717, 1.165) is 6.54 Å². The fourth-order valence-corrected chi connectivity index (χ4v) is 1.36. The highest BCUT2D eigenvalue weighted by molar-refractivity contribution is 5.67. The molecule has 1 aliphatic heterocycles. The Balaban J connectivity index is 2.24. The number of nitrogens with one attached hydrogen (secondary N) is 1. The lowest BCUT2D eigenvalue weighted by Gasteiger charge is -2.29. The highest BCUT2D eigenvalue weighted by Gasteiger charge is 2.21. The summed E-state index contributed by atoms with van der Waals surface area (Å²) < 4.78 is 17.2. The molecule has 1 saturated heterocycles. The van der Waals surface area contributed by atoms with Crippen molar-refractivity contribution in [3.05, 3.63) is 0 Å². The summed E-state index contributed by atoms with van der Waals surface area (Å²) in [6.45, 7) is 3.46. The van der Waals surface area contributed by atoms with Crippen LogP contribution in [0.3, 0.4) is 0 Å². The van der Waals surface area contributed by atoms with Gasteiger partial charge < -0.3 is 10.1 Å². The van der Waals surface area contributed by atoms with Crippen LogP contribution in [0.5, 0.6) is 0 Å². The SMILES string of the molecule is CC1NCCOC1CCC(=O)F. The lowest BCUT2D eigenvalue weighted by atomic mass is 10.1. The van der Waals surface area contributed by atoms with Gasteiger partial charge in [0.15, 0.2) is 0 Å². The van der Waals surface area contributed by atoms with Crippen molar-refractivity contribution < 1.29 is 13.9 Å². The molecule has 0 aliphatic carbocycles. The van der Waals surface area contributed by atoms with E-state index >= 15 is 0 Å². The quantitative estimate of drug-likeness (QED) is 0.640. The molecule has 4 heteroatoms. The minimum Gasteiger partial charge on any atom is -0.375 e. The van der Waals surface area contributed by atoms with E-state index in [4.69, 9.17) is 4.74 Å². The van der Waals surface area contributed by atoms with Gasteiger partial charge in [-0.05, 0) is 13.3 Å². The summed E-state index contributed by atoms with van der Waals surface area (Å²) in [5.74, 6) is 0. The van der Waals surface area contributed by atoms with Crippen molar-refractivity contribution in [2.75, 3.05) is 13.2 Å². The van der Waals surface area contributed by atoms with Crippen molar-refractivity contribution in [1.29, 1.82) is 0 Å². The molecule has 1 rings (SSSR count). The molecule has 0 aromatic carbocycles. The first kappa shape index (κ1) is 9.61. The van der Waals surface area contributed by atoms with E-state index in [1.807, 2.05) is 6.92 Å². The number of morpholine rings is 1. The van der Waals surface area contributed by atoms with Crippen molar-refractivity contribution in [2.24, 2.45) is 0 Å². The Morgan fingerprint density at radius 2 is 2.50 bits per heavy atom. The second-order valence-electron chi connectivity index (χ2n) is 3.05. The molecule has 0 aromatic heterocycles. The number of hydrogen-bond donors (Lipinski definition) is 1. The molecule has 12 heavy (non-hydrogen) atoms. The van der Waals surface area contributed by atoms with Crippen molar-refractivity contribution in [3.8, 4) is 0 Å². The maximum absolute atomic E-state index is 11.9. The maximum Gasteiger partial charge on any atom is 0.301 e. The number of hydrogen-bond acceptors (Lipinski definition) is 3. The zero-order valence-electron chi connectivity index (χ0n) is 7.18. The third-order valence-corrected chi connectivity index (χ3v) is 2.08. The molecule has 2 unspecified atom stereocenters. The second kappa shape index (κ2) is 4.52. The zero-order chi connectivity index (χ0) is 8.97. The molecule has 0 amide bonds. The smallest absolute Gasteiger partial charge is 0.301 e. The Bertz CT molecular complexity index is 163. The average Bonchev–Trinajstić information content (AvgIpc) is 2.03. The predicted octanol–water partition coefficient (Wildman–Crippen LogP) is 0.640. The van der Waals surface area contributed by atoms with Gasteiger partial charge in [0.05, 0.1) is 12.7 Å². The van der Waals surface area contributed by atoms with Gasteiger partial charge in [0.1, 0.15) is 0 Å². The minimum absolute atomic E-state index is 0.0153. The Labute approximate surface area is 71.3 Å². The summed E-state index contributed by atoms with van der Waals surface area (Å²) in [5, 5.41) is 3.20. The lowest BCUT2D eigenvalue weighted by Crippen LogP contribution is -2.46. The highest BCUT2D eigenvalue weighted by Crippen LogP contribution is 2.10. The van der Waals surface area contributed by atoms with Crippen molar-refractivity contribution in [2.45, 2.75) is 31.9 Å². The van der Waals surface area contributed by atoms with E-state index in [0.29, 0.717) is 13.0 Å². The first-order valence-electron chi connectivity index (χ1n) is 4.23. The van der Waals surface area contributed by atoms with Crippen LogP contribution in [-0.2, 0) is 9.53 Å². The molecule has 1 fully saturated rings. The van der Waals surface area contributed by atoms with E-state index in [1.54, 1.807) is 0 Å². The zero-order valence-corrected chi connectivity index (χ0v) is 7.18. The van der Waals surface area contributed by atoms with Crippen LogP contribution in [0.25, 0.3) is 0 Å². The van der Waals surface area contributed by atoms with Crippen molar-refractivity contribution in [3.63, 3.8) is 0 Å². The first-order valence-corrected chi connectivity index (χ1v) is 4.23. The van der Waals surface area contributed by atoms with Crippen molar-refractivity contribution >= 4 is 6.04 Å². The first-order chi connectivity index (χ1) is 5.70. The molecule has 70 valence electrons. The molecule has 2 atom stereocenters. The number of halogens is 1. The van der Waals surface area contributed by atoms with Gasteiger partial charge in [-0.3, -0.25) is 4.79 Å². The molecule has 0 aromatic rings. The van der Waals surface area contributed by atoms with Crippen molar-refractivity contribution in [1.82, 2.24) is 5.32 Å². The molecule has 0 bridgehead atoms. The summed E-state index contributed by atoms with van der Waals surface area (Å²) in [7, 11) is 0. The molecule has 1 aliphatic rings. The highest BCUT2D eigenvalue weighted by atomic mass is 19.1. The fraction of sp³-hybridized carbons (Fsp3) is 0.875. The summed E-state index contributed by atoms with van der Waals surface area (Å²) in [4.78, 5) is 10.1. The van der Waals surface area contributed by atoms with Gasteiger partial charge in [-0.1, -0.05) is 0 Å². The van der Waals surface area contributed by atoms with Crippen LogP contribution >= 0.6 is 0 Å². The Morgan fingerprint density at radius 3 is 3.08 bits per heavy atom. The van der Waals surface area contributed by atoms with Gasteiger partial charge in [0.25, 0.3) is 0 Å². The third-order valence-electron chi connectivity index (χ3n) is 2.08. The van der Waals surface area contributed by atoms with E-state index in [-0.39, 0.29) is 18.6 Å². The lowest BCUT2D eigenvalue weighted by molar-refractivity contribution is -0.130. The minimum atomic E-state index is -1.25. The van der Waals surface area contributed by atoms with E-state index in [2.05, 4.69) is 5.32 Å². The largest absolute Gasteiger partial charge is 0.375 e. The van der Waals surface area contributed by atoms with Gasteiger partial charge >= 0.3 is 6.04 Å². The normalized spacial score (nSPS) is 30.2. The molecular weight excluding hydrogens is 161 g/mol. The number of carbonyl (C=O) groups is 1. The van der Waals surface area contributed by atoms with E-state index in [9.17, 15) is 9.18 Å². The van der Waals surface area contributed by atoms with Crippen LogP contribution < -0.4 is 5.32 Å². The van der Waals surface area contributed by atoms with E-state index < -0.39 is 6.04 Å². The molecule has 0 spiro atoms. The molecule has 3 nitrogen and oxygen atoms in total. The van der Waals surface area contributed by atoms with Gasteiger partial charge in [-0.2, -0.15) is 4.39 Å². The van der Waals surface area contributed by atoms with Crippen LogP contribution in [0, 0.1) is 0 Å². The summed E-state index contributed by atoms with van der Waals surface area (Å²) in [5.41, 5.74) is 0. The van der Waals surface area contributed by atoms with Gasteiger partial charge in [0.2, 0.25) is 0 Å². The fourth-order valence-electron chi connectivity index (χ4n) is 1.36. The van der Waals surface area contributed by atoms with Crippen LogP contribution in [0.1, 0.15) is 19.8 Å². The summed E-state index contributed by atoms with van der Waals surface area (Å²) >= 11 is 0. The molecule has 0 radical (unpaired) electrons. The van der Waals surface area contributed by atoms with Gasteiger partial charge in [-0.15, -0.1) is 0 Å². The molecule has 0 saturated carbocycles. The standard InChI is InChI=1S/C8H14FNO2/c1-6-7(2-3-8(9)11)12-5-4-10-6/h6-7,10H,2-5H2,1H3. The predicted molar refractivity (Wildman–Crippen MR) is 42.6 cm³/mol. The Kier molecular flexibility index (Phi) is 3.62. The molecular formula is C8H14FNO2. The van der Waals surface area contributed by atoms with Gasteiger partial charge in [0, 0.05) is 19.0 Å². The maximum atomic E-state index is 11.9. The van der Waals surface area contributed by atoms with E-state index in [1.165, 1.54) is 0 Å². The number of ether oxygens (including phenoxy) is 1. The van der Waals surface area contributed by atoms with Crippen LogP contribution in [-0.4, -0.2) is 31.3 Å². The van der Waals surface area contributed by atoms with Crippen LogP contribution in [0.2, 0.25) is 0 Å². The monoisotopic (exact) mass is 175 g/mol. The van der Waals surface area contributed by atoms with Gasteiger partial charge in [-0.25, -0.2) is 0 Å². The Hall–Kier alpha value is -0.480. The number of carbonyl (C=O) groups excluding carboxylic acids is 1. The van der Waals surface area contributed by atoms with Crippen LogP contribution in [0.4, 0.5) is 4.39 Å². The number of rotatable bonds is 3. The molecule has 1 heterocycles. The average molecular weight is 175 g/mol. The summed E-state index contributed by atoms with van der Waals surface area (Å²) in [6.07, 6.45) is 0.429. The molecule has 1 N–H and O–H groups in total. The van der Waals surface area contributed by atoms with Crippen LogP contribution in [0.15, 0.2) is 0 Å². The third kappa shape index (κ3) is 2.87.